The van der Waals surface area contributed by atoms with E-state index in [-0.39, 0.29) is 0 Å². The molecular formula is C10H23NO. The van der Waals surface area contributed by atoms with Crippen molar-refractivity contribution < 1.29 is 5.11 Å². The quantitative estimate of drug-likeness (QED) is 0.634. The number of rotatable bonds is 7. The summed E-state index contributed by atoms with van der Waals surface area (Å²) in [6.07, 6.45) is 4.73. The molecule has 0 amide bonds. The van der Waals surface area contributed by atoms with Gasteiger partial charge >= 0.3 is 0 Å². The van der Waals surface area contributed by atoms with Crippen molar-refractivity contribution in [2.24, 2.45) is 5.92 Å². The van der Waals surface area contributed by atoms with Crippen LogP contribution in [0, 0.1) is 5.92 Å². The van der Waals surface area contributed by atoms with Crippen molar-refractivity contribution in [3.8, 4) is 0 Å². The van der Waals surface area contributed by atoms with E-state index >= 15 is 0 Å². The summed E-state index contributed by atoms with van der Waals surface area (Å²) in [4.78, 5) is 2.19. The molecule has 0 aliphatic carbocycles. The lowest BCUT2D eigenvalue weighted by Gasteiger charge is -2.14. The fourth-order valence-electron chi connectivity index (χ4n) is 1.43. The predicted molar refractivity (Wildman–Crippen MR) is 53.3 cm³/mol. The normalized spacial score (nSPS) is 13.8. The smallest absolute Gasteiger partial charge is 0.0459 e. The maximum absolute atomic E-state index is 9.01. The lowest BCUT2D eigenvalue weighted by Crippen LogP contribution is -2.15. The summed E-state index contributed by atoms with van der Waals surface area (Å²) in [7, 11) is 4.18. The molecule has 74 valence electrons. The number of hydrogen-bond donors (Lipinski definition) is 1. The summed E-state index contributed by atoms with van der Waals surface area (Å²) in [5, 5.41) is 9.01. The van der Waals surface area contributed by atoms with Gasteiger partial charge in [0.1, 0.15) is 0 Å². The maximum Gasteiger partial charge on any atom is 0.0459 e. The highest BCUT2D eigenvalue weighted by atomic mass is 16.3. The maximum atomic E-state index is 9.01. The van der Waals surface area contributed by atoms with Crippen LogP contribution in [-0.4, -0.2) is 37.3 Å². The monoisotopic (exact) mass is 173 g/mol. The minimum Gasteiger partial charge on any atom is -0.396 e. The van der Waals surface area contributed by atoms with Gasteiger partial charge < -0.3 is 10.0 Å². The Kier molecular flexibility index (Phi) is 7.51. The first kappa shape index (κ1) is 11.9. The van der Waals surface area contributed by atoms with Gasteiger partial charge in [0.05, 0.1) is 0 Å². The SMILES string of the molecule is CCC[C@@H](CO)CCCN(C)C. The van der Waals surface area contributed by atoms with Crippen LogP contribution in [0.2, 0.25) is 0 Å². The Bertz CT molecular complexity index is 93.8. The average Bonchev–Trinajstić information content (AvgIpc) is 2.02. The molecule has 0 fully saturated rings. The predicted octanol–water partition coefficient (Wildman–Crippen LogP) is 1.74. The first-order valence-electron chi connectivity index (χ1n) is 4.96. The summed E-state index contributed by atoms with van der Waals surface area (Å²) >= 11 is 0. The van der Waals surface area contributed by atoms with Gasteiger partial charge in [0.15, 0.2) is 0 Å². The summed E-state index contributed by atoms with van der Waals surface area (Å²) in [5.74, 6) is 0.537. The first-order chi connectivity index (χ1) is 5.70. The molecule has 0 saturated heterocycles. The van der Waals surface area contributed by atoms with Gasteiger partial charge in [-0.1, -0.05) is 13.3 Å². The molecule has 0 bridgehead atoms. The van der Waals surface area contributed by atoms with Crippen molar-refractivity contribution in [2.75, 3.05) is 27.2 Å². The highest BCUT2D eigenvalue weighted by molar-refractivity contribution is 4.58. The van der Waals surface area contributed by atoms with Crippen LogP contribution in [0.3, 0.4) is 0 Å². The van der Waals surface area contributed by atoms with Crippen LogP contribution in [0.25, 0.3) is 0 Å². The Morgan fingerprint density at radius 3 is 2.33 bits per heavy atom. The molecule has 0 aliphatic rings. The van der Waals surface area contributed by atoms with Gasteiger partial charge in [0.25, 0.3) is 0 Å². The Balaban J connectivity index is 3.31. The molecule has 0 spiro atoms. The third-order valence-electron chi connectivity index (χ3n) is 2.17. The van der Waals surface area contributed by atoms with Crippen molar-refractivity contribution in [1.29, 1.82) is 0 Å². The van der Waals surface area contributed by atoms with Crippen LogP contribution >= 0.6 is 0 Å². The molecule has 0 aliphatic heterocycles. The van der Waals surface area contributed by atoms with Gasteiger partial charge in [-0.2, -0.15) is 0 Å². The van der Waals surface area contributed by atoms with E-state index in [1.54, 1.807) is 0 Å². The molecule has 1 atom stereocenters. The standard InChI is InChI=1S/C10H23NO/c1-4-6-10(9-12)7-5-8-11(2)3/h10,12H,4-9H2,1-3H3/t10-/m1/s1. The molecule has 0 unspecified atom stereocenters. The van der Waals surface area contributed by atoms with Gasteiger partial charge in [-0.15, -0.1) is 0 Å². The lowest BCUT2D eigenvalue weighted by molar-refractivity contribution is 0.203. The molecule has 0 heterocycles. The van der Waals surface area contributed by atoms with Crippen LogP contribution in [0.4, 0.5) is 0 Å². The third kappa shape index (κ3) is 6.62. The summed E-state index contributed by atoms with van der Waals surface area (Å²) in [6.45, 7) is 3.68. The Morgan fingerprint density at radius 1 is 1.25 bits per heavy atom. The molecule has 12 heavy (non-hydrogen) atoms. The second-order valence-corrected chi connectivity index (χ2v) is 3.78. The van der Waals surface area contributed by atoms with Crippen molar-refractivity contribution in [3.63, 3.8) is 0 Å². The number of nitrogens with zero attached hydrogens (tertiary/aromatic N) is 1. The number of aliphatic hydroxyl groups excluding tert-OH is 1. The van der Waals surface area contributed by atoms with Crippen LogP contribution in [0.1, 0.15) is 32.6 Å². The number of aliphatic hydroxyl groups is 1. The summed E-state index contributed by atoms with van der Waals surface area (Å²) in [6, 6.07) is 0. The van der Waals surface area contributed by atoms with E-state index in [9.17, 15) is 0 Å². The largest absolute Gasteiger partial charge is 0.396 e. The summed E-state index contributed by atoms with van der Waals surface area (Å²) in [5.41, 5.74) is 0. The molecule has 2 heteroatoms. The van der Waals surface area contributed by atoms with Crippen LogP contribution in [0.15, 0.2) is 0 Å². The highest BCUT2D eigenvalue weighted by Crippen LogP contribution is 2.12. The minimum atomic E-state index is 0.362. The van der Waals surface area contributed by atoms with E-state index in [4.69, 9.17) is 5.11 Å². The van der Waals surface area contributed by atoms with E-state index in [2.05, 4.69) is 25.9 Å². The Hall–Kier alpha value is -0.0800. The fraction of sp³-hybridized carbons (Fsp3) is 1.00. The van der Waals surface area contributed by atoms with Crippen molar-refractivity contribution in [2.45, 2.75) is 32.6 Å². The number of hydrogen-bond acceptors (Lipinski definition) is 2. The van der Waals surface area contributed by atoms with Crippen LogP contribution in [0.5, 0.6) is 0 Å². The van der Waals surface area contributed by atoms with Gasteiger partial charge in [-0.05, 0) is 45.8 Å². The molecule has 1 N–H and O–H groups in total. The van der Waals surface area contributed by atoms with Gasteiger partial charge in [-0.25, -0.2) is 0 Å². The van der Waals surface area contributed by atoms with Crippen molar-refractivity contribution >= 4 is 0 Å². The minimum absolute atomic E-state index is 0.362. The Morgan fingerprint density at radius 2 is 1.92 bits per heavy atom. The van der Waals surface area contributed by atoms with E-state index in [0.717, 1.165) is 6.54 Å². The van der Waals surface area contributed by atoms with Gasteiger partial charge in [-0.3, -0.25) is 0 Å². The van der Waals surface area contributed by atoms with E-state index < -0.39 is 0 Å². The second kappa shape index (κ2) is 7.56. The molecular weight excluding hydrogens is 150 g/mol. The molecule has 0 aromatic heterocycles. The van der Waals surface area contributed by atoms with E-state index in [1.165, 1.54) is 25.7 Å². The van der Waals surface area contributed by atoms with Crippen LogP contribution < -0.4 is 0 Å². The van der Waals surface area contributed by atoms with Crippen LogP contribution in [-0.2, 0) is 0 Å². The topological polar surface area (TPSA) is 23.5 Å². The average molecular weight is 173 g/mol. The zero-order valence-corrected chi connectivity index (χ0v) is 8.71. The third-order valence-corrected chi connectivity index (χ3v) is 2.17. The van der Waals surface area contributed by atoms with Crippen molar-refractivity contribution in [3.05, 3.63) is 0 Å². The first-order valence-corrected chi connectivity index (χ1v) is 4.96. The Labute approximate surface area is 76.6 Å². The molecule has 2 nitrogen and oxygen atoms in total. The molecule has 0 saturated carbocycles. The molecule has 0 radical (unpaired) electrons. The van der Waals surface area contributed by atoms with Gasteiger partial charge in [0.2, 0.25) is 0 Å². The summed E-state index contributed by atoms with van der Waals surface area (Å²) < 4.78 is 0. The fourth-order valence-corrected chi connectivity index (χ4v) is 1.43. The van der Waals surface area contributed by atoms with Crippen molar-refractivity contribution in [1.82, 2.24) is 4.90 Å². The molecule has 0 aromatic carbocycles. The molecule has 0 aromatic rings. The van der Waals surface area contributed by atoms with Gasteiger partial charge in [0, 0.05) is 6.61 Å². The van der Waals surface area contributed by atoms with E-state index in [1.807, 2.05) is 0 Å². The zero-order valence-electron chi connectivity index (χ0n) is 8.71. The molecule has 0 rings (SSSR count). The second-order valence-electron chi connectivity index (χ2n) is 3.78. The lowest BCUT2D eigenvalue weighted by atomic mass is 9.99. The zero-order chi connectivity index (χ0) is 9.40. The highest BCUT2D eigenvalue weighted by Gasteiger charge is 2.05. The van der Waals surface area contributed by atoms with E-state index in [0.29, 0.717) is 12.5 Å².